The van der Waals surface area contributed by atoms with Crippen LogP contribution in [0.5, 0.6) is 0 Å². The predicted molar refractivity (Wildman–Crippen MR) is 86.2 cm³/mol. The Morgan fingerprint density at radius 1 is 1.32 bits per heavy atom. The maximum atomic E-state index is 12.0. The van der Waals surface area contributed by atoms with E-state index in [9.17, 15) is 9.59 Å². The number of hydrogen-bond donors (Lipinski definition) is 1. The number of aliphatic imine (C=N–C) groups is 1. The third kappa shape index (κ3) is 3.43. The van der Waals surface area contributed by atoms with Crippen molar-refractivity contribution in [2.24, 2.45) is 16.8 Å². The van der Waals surface area contributed by atoms with Gasteiger partial charge in [-0.15, -0.1) is 0 Å². The maximum absolute atomic E-state index is 12.0. The fraction of sp³-hybridized carbons (Fsp3) is 0.500. The Morgan fingerprint density at radius 3 is 2.86 bits per heavy atom. The Morgan fingerprint density at radius 2 is 2.09 bits per heavy atom. The van der Waals surface area contributed by atoms with Crippen molar-refractivity contribution in [3.05, 3.63) is 35.6 Å². The summed E-state index contributed by atoms with van der Waals surface area (Å²) in [6, 6.07) is 0. The molecule has 4 heteroatoms. The van der Waals surface area contributed by atoms with Gasteiger partial charge in [-0.05, 0) is 31.4 Å². The zero-order valence-corrected chi connectivity index (χ0v) is 13.0. The lowest BCUT2D eigenvalue weighted by Crippen LogP contribution is -2.32. The number of hydrogen-bond acceptors (Lipinski definition) is 2. The fourth-order valence-electron chi connectivity index (χ4n) is 3.48. The smallest absolute Gasteiger partial charge is 0.248 e. The standard InChI is InChI=1S/C18H22N2O2/c1-12-10-18(22)20-16-11-14(7-8-15(12)16)19-17(21)9-6-13-4-2-3-5-13/h7-8,10-11,13,15H,2-6,9H2,1H3,(H,20,22). The second kappa shape index (κ2) is 6.42. The van der Waals surface area contributed by atoms with Gasteiger partial charge in [0.25, 0.3) is 0 Å². The topological polar surface area (TPSA) is 58.5 Å². The summed E-state index contributed by atoms with van der Waals surface area (Å²) in [6.07, 6.45) is 13.9. The van der Waals surface area contributed by atoms with E-state index >= 15 is 0 Å². The summed E-state index contributed by atoms with van der Waals surface area (Å²) in [7, 11) is 0. The van der Waals surface area contributed by atoms with Crippen molar-refractivity contribution >= 4 is 17.5 Å². The highest BCUT2D eigenvalue weighted by Gasteiger charge is 2.24. The van der Waals surface area contributed by atoms with Crippen LogP contribution in [0.3, 0.4) is 0 Å². The molecule has 2 amide bonds. The fourth-order valence-corrected chi connectivity index (χ4v) is 3.48. The molecule has 1 atom stereocenters. The normalized spacial score (nSPS) is 26.5. The second-order valence-electron chi connectivity index (χ2n) is 6.43. The van der Waals surface area contributed by atoms with Crippen LogP contribution in [-0.2, 0) is 9.59 Å². The second-order valence-corrected chi connectivity index (χ2v) is 6.43. The first-order valence-corrected chi connectivity index (χ1v) is 8.12. The molecule has 0 saturated heterocycles. The molecule has 4 nitrogen and oxygen atoms in total. The van der Waals surface area contributed by atoms with Gasteiger partial charge in [-0.25, -0.2) is 4.99 Å². The number of carbonyl (C=O) groups is 2. The molecule has 3 aliphatic rings. The maximum Gasteiger partial charge on any atom is 0.248 e. The van der Waals surface area contributed by atoms with Crippen molar-refractivity contribution in [3.8, 4) is 0 Å². The van der Waals surface area contributed by atoms with E-state index in [1.54, 1.807) is 6.08 Å². The van der Waals surface area contributed by atoms with E-state index in [0.717, 1.165) is 17.7 Å². The molecule has 116 valence electrons. The molecule has 1 aliphatic heterocycles. The van der Waals surface area contributed by atoms with Crippen LogP contribution in [0.4, 0.5) is 0 Å². The lowest BCUT2D eigenvalue weighted by molar-refractivity contribution is -0.118. The minimum atomic E-state index is -0.109. The van der Waals surface area contributed by atoms with Crippen LogP contribution in [0.25, 0.3) is 0 Å². The van der Waals surface area contributed by atoms with Crippen LogP contribution < -0.4 is 5.32 Å². The molecular weight excluding hydrogens is 276 g/mol. The molecule has 0 aromatic heterocycles. The van der Waals surface area contributed by atoms with Crippen molar-refractivity contribution in [2.75, 3.05) is 0 Å². The molecular formula is C18H22N2O2. The first-order chi connectivity index (χ1) is 10.6. The minimum Gasteiger partial charge on any atom is -0.325 e. The van der Waals surface area contributed by atoms with Crippen molar-refractivity contribution < 1.29 is 9.59 Å². The summed E-state index contributed by atoms with van der Waals surface area (Å²) >= 11 is 0. The van der Waals surface area contributed by atoms with Crippen LogP contribution in [0.2, 0.25) is 0 Å². The molecule has 1 saturated carbocycles. The highest BCUT2D eigenvalue weighted by molar-refractivity contribution is 6.11. The summed E-state index contributed by atoms with van der Waals surface area (Å²) in [6.45, 7) is 1.94. The molecule has 1 unspecified atom stereocenters. The number of rotatable bonds is 3. The van der Waals surface area contributed by atoms with Crippen molar-refractivity contribution in [2.45, 2.75) is 45.4 Å². The first-order valence-electron chi connectivity index (χ1n) is 8.12. The highest BCUT2D eigenvalue weighted by atomic mass is 16.2. The van der Waals surface area contributed by atoms with Crippen LogP contribution >= 0.6 is 0 Å². The third-order valence-electron chi connectivity index (χ3n) is 4.71. The molecule has 1 heterocycles. The Balaban J connectivity index is 1.63. The number of fused-ring (bicyclic) bond motifs is 1. The lowest BCUT2D eigenvalue weighted by Gasteiger charge is -2.25. The molecule has 0 bridgehead atoms. The van der Waals surface area contributed by atoms with Crippen molar-refractivity contribution in [1.82, 2.24) is 5.32 Å². The van der Waals surface area contributed by atoms with Gasteiger partial charge in [0.2, 0.25) is 11.8 Å². The zero-order valence-electron chi connectivity index (χ0n) is 13.0. The molecule has 3 rings (SSSR count). The quantitative estimate of drug-likeness (QED) is 0.870. The molecule has 22 heavy (non-hydrogen) atoms. The van der Waals surface area contributed by atoms with Crippen molar-refractivity contribution in [3.63, 3.8) is 0 Å². The zero-order chi connectivity index (χ0) is 15.5. The van der Waals surface area contributed by atoms with E-state index in [-0.39, 0.29) is 17.7 Å². The van der Waals surface area contributed by atoms with Crippen LogP contribution in [0.15, 0.2) is 40.6 Å². The molecule has 0 spiro atoms. The Hall–Kier alpha value is -1.97. The van der Waals surface area contributed by atoms with Gasteiger partial charge in [-0.3, -0.25) is 9.59 Å². The Bertz CT molecular complexity index is 605. The molecule has 1 fully saturated rings. The predicted octanol–water partition coefficient (Wildman–Crippen LogP) is 3.07. The first kappa shape index (κ1) is 14.9. The van der Waals surface area contributed by atoms with Crippen molar-refractivity contribution in [1.29, 1.82) is 0 Å². The lowest BCUT2D eigenvalue weighted by atomic mass is 9.89. The monoisotopic (exact) mass is 298 g/mol. The van der Waals surface area contributed by atoms with E-state index in [1.807, 2.05) is 25.2 Å². The Labute approximate surface area is 131 Å². The molecule has 0 aromatic rings. The highest BCUT2D eigenvalue weighted by Crippen LogP contribution is 2.29. The van der Waals surface area contributed by atoms with Crippen LogP contribution in [0, 0.1) is 11.8 Å². The summed E-state index contributed by atoms with van der Waals surface area (Å²) < 4.78 is 0. The van der Waals surface area contributed by atoms with E-state index in [1.165, 1.54) is 25.7 Å². The van der Waals surface area contributed by atoms with Gasteiger partial charge in [0.05, 0.1) is 5.71 Å². The van der Waals surface area contributed by atoms with Gasteiger partial charge in [-0.1, -0.05) is 37.3 Å². The van der Waals surface area contributed by atoms with Crippen LogP contribution in [-0.4, -0.2) is 17.5 Å². The summed E-state index contributed by atoms with van der Waals surface area (Å²) in [5, 5.41) is 2.83. The number of carbonyl (C=O) groups excluding carboxylic acids is 2. The average molecular weight is 298 g/mol. The van der Waals surface area contributed by atoms with E-state index in [4.69, 9.17) is 0 Å². The summed E-state index contributed by atoms with van der Waals surface area (Å²) in [5.74, 6) is 0.642. The molecule has 0 aromatic carbocycles. The summed E-state index contributed by atoms with van der Waals surface area (Å²) in [4.78, 5) is 27.7. The van der Waals surface area contributed by atoms with E-state index < -0.39 is 0 Å². The van der Waals surface area contributed by atoms with E-state index in [0.29, 0.717) is 18.1 Å². The van der Waals surface area contributed by atoms with Gasteiger partial charge in [0.15, 0.2) is 0 Å². The third-order valence-corrected chi connectivity index (χ3v) is 4.71. The molecule has 1 N–H and O–H groups in total. The number of allylic oxidation sites excluding steroid dienone is 3. The number of nitrogens with one attached hydrogen (secondary N) is 1. The average Bonchev–Trinajstić information content (AvgIpc) is 2.98. The van der Waals surface area contributed by atoms with E-state index in [2.05, 4.69) is 10.3 Å². The van der Waals surface area contributed by atoms with Crippen LogP contribution in [0.1, 0.15) is 45.4 Å². The van der Waals surface area contributed by atoms with Gasteiger partial charge in [0, 0.05) is 24.1 Å². The number of amides is 2. The SMILES string of the molecule is CC1=CC(=O)NC2=CC(=NC(=O)CCC3CCCC3)C=CC12. The molecule has 2 aliphatic carbocycles. The largest absolute Gasteiger partial charge is 0.325 e. The molecule has 0 radical (unpaired) electrons. The van der Waals surface area contributed by atoms with Gasteiger partial charge in [-0.2, -0.15) is 0 Å². The Kier molecular flexibility index (Phi) is 4.36. The van der Waals surface area contributed by atoms with Gasteiger partial charge in [0.1, 0.15) is 0 Å². The number of nitrogens with zero attached hydrogens (tertiary/aromatic N) is 1. The van der Waals surface area contributed by atoms with Gasteiger partial charge < -0.3 is 5.32 Å². The summed E-state index contributed by atoms with van der Waals surface area (Å²) in [5.41, 5.74) is 2.46. The van der Waals surface area contributed by atoms with Gasteiger partial charge >= 0.3 is 0 Å². The minimum absolute atomic E-state index is 0.0590.